The molecule has 1 aromatic carbocycles. The van der Waals surface area contributed by atoms with Crippen molar-refractivity contribution in [3.8, 4) is 11.5 Å². The molecule has 1 atom stereocenters. The van der Waals surface area contributed by atoms with E-state index in [2.05, 4.69) is 48.1 Å². The number of methoxy groups -OCH3 is 1. The van der Waals surface area contributed by atoms with Crippen molar-refractivity contribution in [2.75, 3.05) is 25.1 Å². The summed E-state index contributed by atoms with van der Waals surface area (Å²) in [6, 6.07) is 6.19. The van der Waals surface area contributed by atoms with Crippen LogP contribution in [0, 0.1) is 0 Å². The highest BCUT2D eigenvalue weighted by Crippen LogP contribution is 2.37. The van der Waals surface area contributed by atoms with Gasteiger partial charge in [-0.3, -0.25) is 5.32 Å². The smallest absolute Gasteiger partial charge is 0.161 e. The lowest BCUT2D eigenvalue weighted by Crippen LogP contribution is -2.45. The molecule has 2 aromatic rings. The van der Waals surface area contributed by atoms with Crippen LogP contribution >= 0.6 is 0 Å². The molecule has 7 heteroatoms. The molecular weight excluding hydrogens is 390 g/mol. The van der Waals surface area contributed by atoms with Gasteiger partial charge in [0.15, 0.2) is 23.0 Å². The molecule has 168 valence electrons. The Morgan fingerprint density at radius 3 is 2.68 bits per heavy atom. The molecule has 1 unspecified atom stereocenters. The summed E-state index contributed by atoms with van der Waals surface area (Å²) >= 11 is 0. The minimum Gasteiger partial charge on any atom is -0.493 e. The summed E-state index contributed by atoms with van der Waals surface area (Å²) < 4.78 is 11.8. The van der Waals surface area contributed by atoms with Crippen molar-refractivity contribution in [2.45, 2.75) is 71.1 Å². The Kier molecular flexibility index (Phi) is 6.51. The van der Waals surface area contributed by atoms with E-state index in [0.29, 0.717) is 12.5 Å². The summed E-state index contributed by atoms with van der Waals surface area (Å²) in [7, 11) is 1.70. The van der Waals surface area contributed by atoms with Gasteiger partial charge in [0.25, 0.3) is 0 Å². The second-order valence-electron chi connectivity index (χ2n) is 8.34. The lowest BCUT2D eigenvalue weighted by atomic mass is 10.0. The van der Waals surface area contributed by atoms with Crippen molar-refractivity contribution in [3.63, 3.8) is 0 Å². The van der Waals surface area contributed by atoms with Crippen molar-refractivity contribution in [3.05, 3.63) is 35.3 Å². The second kappa shape index (κ2) is 9.30. The molecule has 7 nitrogen and oxygen atoms in total. The first-order valence-electron chi connectivity index (χ1n) is 11.6. The van der Waals surface area contributed by atoms with Crippen LogP contribution in [0.3, 0.4) is 0 Å². The monoisotopic (exact) mass is 425 g/mol. The maximum atomic E-state index is 6.28. The number of hydrogen-bond acceptors (Lipinski definition) is 6. The number of aliphatic imine (C=N–C) groups is 1. The summed E-state index contributed by atoms with van der Waals surface area (Å²) in [6.45, 7) is 8.05. The predicted octanol–water partition coefficient (Wildman–Crippen LogP) is 4.37. The van der Waals surface area contributed by atoms with E-state index in [4.69, 9.17) is 19.5 Å². The van der Waals surface area contributed by atoms with Crippen molar-refractivity contribution in [2.24, 2.45) is 4.99 Å². The van der Waals surface area contributed by atoms with Crippen molar-refractivity contribution >= 4 is 12.2 Å². The van der Waals surface area contributed by atoms with Crippen molar-refractivity contribution in [1.29, 1.82) is 0 Å². The molecule has 31 heavy (non-hydrogen) atoms. The van der Waals surface area contributed by atoms with E-state index in [1.54, 1.807) is 7.11 Å². The highest BCUT2D eigenvalue weighted by Gasteiger charge is 2.38. The normalized spacial score (nSPS) is 20.8. The Morgan fingerprint density at radius 1 is 1.19 bits per heavy atom. The first kappa shape index (κ1) is 21.7. The SMILES string of the molecule is CCNC1(CC)N=CN(CC)c2nc(Cc3ccc(OC)c(OC4CCCC4)c3)[nH]c21. The molecule has 1 fully saturated rings. The van der Waals surface area contributed by atoms with E-state index in [0.717, 1.165) is 66.8 Å². The van der Waals surface area contributed by atoms with Gasteiger partial charge in [0, 0.05) is 13.0 Å². The largest absolute Gasteiger partial charge is 0.493 e. The van der Waals surface area contributed by atoms with Crippen LogP contribution in [0.4, 0.5) is 5.82 Å². The van der Waals surface area contributed by atoms with Gasteiger partial charge in [-0.05, 0) is 63.3 Å². The van der Waals surface area contributed by atoms with Crippen molar-refractivity contribution in [1.82, 2.24) is 15.3 Å². The number of benzene rings is 1. The molecule has 0 amide bonds. The van der Waals surface area contributed by atoms with Gasteiger partial charge in [-0.2, -0.15) is 0 Å². The van der Waals surface area contributed by atoms with E-state index in [9.17, 15) is 0 Å². The lowest BCUT2D eigenvalue weighted by Gasteiger charge is -2.35. The molecule has 2 N–H and O–H groups in total. The Labute approximate surface area is 185 Å². The number of nitrogens with zero attached hydrogens (tertiary/aromatic N) is 3. The number of anilines is 1. The molecule has 1 aromatic heterocycles. The summed E-state index contributed by atoms with van der Waals surface area (Å²) in [5, 5.41) is 3.56. The van der Waals surface area contributed by atoms with E-state index in [1.165, 1.54) is 12.8 Å². The number of aromatic amines is 1. The van der Waals surface area contributed by atoms with Crippen molar-refractivity contribution < 1.29 is 9.47 Å². The third-order valence-corrected chi connectivity index (χ3v) is 6.35. The molecule has 2 aliphatic rings. The zero-order valence-electron chi connectivity index (χ0n) is 19.2. The minimum absolute atomic E-state index is 0.292. The van der Waals surface area contributed by atoms with Crippen LogP contribution in [0.25, 0.3) is 0 Å². The Hall–Kier alpha value is -2.54. The van der Waals surface area contributed by atoms with Gasteiger partial charge in [0.05, 0.1) is 19.6 Å². The van der Waals surface area contributed by atoms with Crippen LogP contribution in [0.1, 0.15) is 70.0 Å². The van der Waals surface area contributed by atoms with E-state index in [1.807, 2.05) is 12.4 Å². The third kappa shape index (κ3) is 4.28. The standard InChI is InChI=1S/C24H35N5O2/c1-5-24(25-6-2)22-23(29(7-3)16-26-24)28-21(27-22)15-17-12-13-19(30-4)20(14-17)31-18-10-8-9-11-18/h12-14,16,18,25H,5-11,15H2,1-4H3,(H,27,28). The minimum atomic E-state index is -0.447. The van der Waals surface area contributed by atoms with E-state index < -0.39 is 5.66 Å². The highest BCUT2D eigenvalue weighted by molar-refractivity contribution is 5.81. The van der Waals surface area contributed by atoms with E-state index >= 15 is 0 Å². The van der Waals surface area contributed by atoms with Gasteiger partial charge in [0.2, 0.25) is 0 Å². The van der Waals surface area contributed by atoms with Gasteiger partial charge in [-0.25, -0.2) is 9.98 Å². The molecule has 0 spiro atoms. The Bertz CT molecular complexity index is 919. The molecule has 0 saturated heterocycles. The summed E-state index contributed by atoms with van der Waals surface area (Å²) in [6.07, 6.45) is 8.48. The van der Waals surface area contributed by atoms with Crippen LogP contribution in [-0.2, 0) is 12.1 Å². The molecule has 0 radical (unpaired) electrons. The van der Waals surface area contributed by atoms with Gasteiger partial charge >= 0.3 is 0 Å². The van der Waals surface area contributed by atoms with Gasteiger partial charge < -0.3 is 19.4 Å². The Morgan fingerprint density at radius 2 is 2.00 bits per heavy atom. The second-order valence-corrected chi connectivity index (χ2v) is 8.34. The molecule has 4 rings (SSSR count). The molecule has 2 heterocycles. The fourth-order valence-corrected chi connectivity index (χ4v) is 4.63. The van der Waals surface area contributed by atoms with E-state index in [-0.39, 0.29) is 0 Å². The molecule has 1 saturated carbocycles. The first-order chi connectivity index (χ1) is 15.1. The van der Waals surface area contributed by atoms with Crippen LogP contribution in [-0.4, -0.2) is 42.6 Å². The summed E-state index contributed by atoms with van der Waals surface area (Å²) in [5.74, 6) is 3.52. The zero-order valence-corrected chi connectivity index (χ0v) is 19.2. The molecule has 1 aliphatic carbocycles. The average Bonchev–Trinajstić information content (AvgIpc) is 3.44. The number of rotatable bonds is 9. The quantitative estimate of drug-likeness (QED) is 0.624. The number of fused-ring (bicyclic) bond motifs is 1. The molecular formula is C24H35N5O2. The molecule has 0 bridgehead atoms. The van der Waals surface area contributed by atoms with Crippen LogP contribution in [0.2, 0.25) is 0 Å². The lowest BCUT2D eigenvalue weighted by molar-refractivity contribution is 0.200. The van der Waals surface area contributed by atoms with Gasteiger partial charge in [-0.1, -0.05) is 19.9 Å². The number of hydrogen-bond donors (Lipinski definition) is 2. The molecule has 1 aliphatic heterocycles. The number of imidazole rings is 1. The van der Waals surface area contributed by atoms with Crippen LogP contribution < -0.4 is 19.7 Å². The maximum absolute atomic E-state index is 6.28. The zero-order chi connectivity index (χ0) is 21.8. The topological polar surface area (TPSA) is 74.8 Å². The predicted molar refractivity (Wildman–Crippen MR) is 124 cm³/mol. The summed E-state index contributed by atoms with van der Waals surface area (Å²) in [5.41, 5.74) is 1.75. The van der Waals surface area contributed by atoms with Gasteiger partial charge in [0.1, 0.15) is 11.5 Å². The third-order valence-electron chi connectivity index (χ3n) is 6.35. The fourth-order valence-electron chi connectivity index (χ4n) is 4.63. The Balaban J connectivity index is 1.61. The number of H-pyrrole nitrogens is 1. The van der Waals surface area contributed by atoms with Crippen LogP contribution in [0.15, 0.2) is 23.2 Å². The fraction of sp³-hybridized carbons (Fsp3) is 0.583. The number of ether oxygens (including phenoxy) is 2. The van der Waals surface area contributed by atoms with Crippen LogP contribution in [0.5, 0.6) is 11.5 Å². The maximum Gasteiger partial charge on any atom is 0.161 e. The summed E-state index contributed by atoms with van der Waals surface area (Å²) in [4.78, 5) is 15.5. The highest BCUT2D eigenvalue weighted by atomic mass is 16.5. The van der Waals surface area contributed by atoms with Gasteiger partial charge in [-0.15, -0.1) is 0 Å². The number of aromatic nitrogens is 2. The number of nitrogens with one attached hydrogen (secondary N) is 2. The first-order valence-corrected chi connectivity index (χ1v) is 11.6. The average molecular weight is 426 g/mol.